The molecule has 0 aliphatic rings. The number of carbonyl (C=O) groups excluding carboxylic acids is 1. The molecule has 0 saturated heterocycles. The van der Waals surface area contributed by atoms with Crippen LogP contribution < -0.4 is 4.74 Å². The fourth-order valence-electron chi connectivity index (χ4n) is 2.72. The number of rotatable bonds is 5. The van der Waals surface area contributed by atoms with Crippen LogP contribution in [-0.2, 0) is 10.9 Å². The highest BCUT2D eigenvalue weighted by Crippen LogP contribution is 2.40. The maximum Gasteiger partial charge on any atom is 0.419 e. The van der Waals surface area contributed by atoms with E-state index in [0.29, 0.717) is 0 Å². The molecule has 0 aliphatic carbocycles. The zero-order chi connectivity index (χ0) is 21.2. The van der Waals surface area contributed by atoms with Gasteiger partial charge in [-0.25, -0.2) is 9.78 Å². The first-order chi connectivity index (χ1) is 13.8. The molecule has 0 spiro atoms. The molecule has 0 amide bonds. The number of ether oxygens (including phenoxy) is 2. The molecule has 0 fully saturated rings. The predicted octanol–water partition coefficient (Wildman–Crippen LogP) is 3.84. The van der Waals surface area contributed by atoms with E-state index < -0.39 is 23.5 Å². The van der Waals surface area contributed by atoms with Gasteiger partial charge in [0.25, 0.3) is 0 Å². The van der Waals surface area contributed by atoms with E-state index >= 15 is 0 Å². The summed E-state index contributed by atoms with van der Waals surface area (Å²) in [4.78, 5) is 16.3. The Morgan fingerprint density at radius 1 is 1.21 bits per heavy atom. The van der Waals surface area contributed by atoms with Crippen LogP contribution in [-0.4, -0.2) is 39.6 Å². The van der Waals surface area contributed by atoms with Gasteiger partial charge >= 0.3 is 12.1 Å². The third-order valence-electron chi connectivity index (χ3n) is 3.98. The summed E-state index contributed by atoms with van der Waals surface area (Å²) in [5, 5.41) is 14.2. The van der Waals surface area contributed by atoms with Crippen molar-refractivity contribution in [3.63, 3.8) is 0 Å². The summed E-state index contributed by atoms with van der Waals surface area (Å²) in [5.74, 6) is -1.33. The number of methoxy groups -OCH3 is 1. The molecule has 0 bridgehead atoms. The van der Waals surface area contributed by atoms with E-state index in [4.69, 9.17) is 9.47 Å². The van der Waals surface area contributed by atoms with E-state index in [-0.39, 0.29) is 35.1 Å². The Balaban J connectivity index is 2.08. The van der Waals surface area contributed by atoms with Crippen LogP contribution in [0.3, 0.4) is 0 Å². The van der Waals surface area contributed by atoms with Gasteiger partial charge in [0.15, 0.2) is 5.82 Å². The van der Waals surface area contributed by atoms with E-state index in [1.165, 1.54) is 48.3 Å². The van der Waals surface area contributed by atoms with Crippen molar-refractivity contribution in [1.29, 1.82) is 0 Å². The lowest BCUT2D eigenvalue weighted by Crippen LogP contribution is -2.08. The van der Waals surface area contributed by atoms with Crippen molar-refractivity contribution in [1.82, 2.24) is 14.8 Å². The van der Waals surface area contributed by atoms with Gasteiger partial charge in [0.2, 0.25) is 5.88 Å². The summed E-state index contributed by atoms with van der Waals surface area (Å²) in [6.45, 7) is 1.82. The number of nitrogens with zero attached hydrogens (tertiary/aromatic N) is 3. The average molecular weight is 407 g/mol. The number of alkyl halides is 3. The fourth-order valence-corrected chi connectivity index (χ4v) is 2.72. The van der Waals surface area contributed by atoms with Crippen LogP contribution in [0.1, 0.15) is 22.8 Å². The maximum atomic E-state index is 13.1. The fraction of sp³-hybridized carbons (Fsp3) is 0.211. The second-order valence-corrected chi connectivity index (χ2v) is 5.78. The summed E-state index contributed by atoms with van der Waals surface area (Å²) >= 11 is 0. The standard InChI is InChI=1S/C19H16F3N3O4/c1-3-29-18(27)12-10-23-25(17(12)28-2)15-9-5-8-14(24-15)11-6-4-7-13(16(11)26)19(20,21)22/h4-10,26H,3H2,1-2H3. The topological polar surface area (TPSA) is 86.5 Å². The first kappa shape index (κ1) is 20.2. The molecule has 29 heavy (non-hydrogen) atoms. The number of phenolic OH excluding ortho intramolecular Hbond substituents is 1. The van der Waals surface area contributed by atoms with Crippen molar-refractivity contribution < 1.29 is 32.5 Å². The number of phenols is 1. The lowest BCUT2D eigenvalue weighted by atomic mass is 10.1. The second kappa shape index (κ2) is 7.82. The molecule has 0 atom stereocenters. The number of aromatic hydroxyl groups is 1. The molecular weight excluding hydrogens is 391 g/mol. The SMILES string of the molecule is CCOC(=O)c1cnn(-c2cccc(-c3cccc(C(F)(F)F)c3O)n2)c1OC. The van der Waals surface area contributed by atoms with Gasteiger partial charge in [-0.3, -0.25) is 0 Å². The van der Waals surface area contributed by atoms with Crippen molar-refractivity contribution in [3.8, 4) is 28.7 Å². The van der Waals surface area contributed by atoms with Crippen molar-refractivity contribution in [3.05, 3.63) is 53.7 Å². The predicted molar refractivity (Wildman–Crippen MR) is 96.0 cm³/mol. The van der Waals surface area contributed by atoms with Crippen molar-refractivity contribution in [2.45, 2.75) is 13.1 Å². The molecule has 0 radical (unpaired) electrons. The van der Waals surface area contributed by atoms with Gasteiger partial charge in [-0.05, 0) is 31.2 Å². The minimum Gasteiger partial charge on any atom is -0.507 e. The highest BCUT2D eigenvalue weighted by atomic mass is 19.4. The first-order valence-corrected chi connectivity index (χ1v) is 8.44. The van der Waals surface area contributed by atoms with Crippen molar-refractivity contribution >= 4 is 5.97 Å². The van der Waals surface area contributed by atoms with Crippen LogP contribution >= 0.6 is 0 Å². The zero-order valence-electron chi connectivity index (χ0n) is 15.4. The molecule has 2 heterocycles. The first-order valence-electron chi connectivity index (χ1n) is 8.44. The number of halogens is 3. The van der Waals surface area contributed by atoms with Gasteiger partial charge in [-0.1, -0.05) is 12.1 Å². The van der Waals surface area contributed by atoms with Crippen LogP contribution in [0.15, 0.2) is 42.6 Å². The third-order valence-corrected chi connectivity index (χ3v) is 3.98. The lowest BCUT2D eigenvalue weighted by molar-refractivity contribution is -0.138. The summed E-state index contributed by atoms with van der Waals surface area (Å²) in [6.07, 6.45) is -3.47. The Morgan fingerprint density at radius 3 is 2.59 bits per heavy atom. The van der Waals surface area contributed by atoms with Gasteiger partial charge in [0.05, 0.1) is 31.2 Å². The summed E-state index contributed by atoms with van der Waals surface area (Å²) in [7, 11) is 1.33. The molecule has 7 nitrogen and oxygen atoms in total. The smallest absolute Gasteiger partial charge is 0.419 e. The number of esters is 1. The van der Waals surface area contributed by atoms with Gasteiger partial charge in [0.1, 0.15) is 11.3 Å². The molecular formula is C19H16F3N3O4. The minimum absolute atomic E-state index is 0.0568. The molecule has 0 aliphatic heterocycles. The van der Waals surface area contributed by atoms with E-state index in [1.54, 1.807) is 6.92 Å². The molecule has 3 rings (SSSR count). The normalized spacial score (nSPS) is 11.3. The van der Waals surface area contributed by atoms with Crippen LogP contribution in [0.4, 0.5) is 13.2 Å². The summed E-state index contributed by atoms with van der Waals surface area (Å²) in [5.41, 5.74) is -1.10. The molecule has 1 aromatic carbocycles. The molecule has 3 aromatic rings. The highest BCUT2D eigenvalue weighted by Gasteiger charge is 2.35. The van der Waals surface area contributed by atoms with E-state index in [9.17, 15) is 23.1 Å². The van der Waals surface area contributed by atoms with Crippen molar-refractivity contribution in [2.24, 2.45) is 0 Å². The highest BCUT2D eigenvalue weighted by molar-refractivity contribution is 5.91. The second-order valence-electron chi connectivity index (χ2n) is 5.78. The van der Waals surface area contributed by atoms with E-state index in [1.807, 2.05) is 0 Å². The van der Waals surface area contributed by atoms with Crippen LogP contribution in [0.2, 0.25) is 0 Å². The summed E-state index contributed by atoms with van der Waals surface area (Å²) < 4.78 is 50.6. The molecule has 2 aromatic heterocycles. The quantitative estimate of drug-likeness (QED) is 0.647. The zero-order valence-corrected chi connectivity index (χ0v) is 15.4. The Kier molecular flexibility index (Phi) is 5.44. The minimum atomic E-state index is -4.71. The van der Waals surface area contributed by atoms with E-state index in [2.05, 4.69) is 10.1 Å². The number of pyridine rings is 1. The Labute approximate surface area is 163 Å². The lowest BCUT2D eigenvalue weighted by Gasteiger charge is -2.13. The number of carbonyl (C=O) groups is 1. The van der Waals surface area contributed by atoms with Gasteiger partial charge in [-0.2, -0.15) is 23.0 Å². The molecule has 0 saturated carbocycles. The summed E-state index contributed by atoms with van der Waals surface area (Å²) in [6, 6.07) is 7.79. The van der Waals surface area contributed by atoms with Crippen molar-refractivity contribution in [2.75, 3.05) is 13.7 Å². The van der Waals surface area contributed by atoms with Crippen LogP contribution in [0.5, 0.6) is 11.6 Å². The molecule has 10 heteroatoms. The van der Waals surface area contributed by atoms with Gasteiger partial charge in [-0.15, -0.1) is 0 Å². The number of benzene rings is 1. The monoisotopic (exact) mass is 407 g/mol. The van der Waals surface area contributed by atoms with Crippen LogP contribution in [0, 0.1) is 0 Å². The Morgan fingerprint density at radius 2 is 1.93 bits per heavy atom. The number of para-hydroxylation sites is 1. The number of hydrogen-bond donors (Lipinski definition) is 1. The van der Waals surface area contributed by atoms with Crippen LogP contribution in [0.25, 0.3) is 17.1 Å². The number of hydrogen-bond acceptors (Lipinski definition) is 6. The molecule has 152 valence electrons. The maximum absolute atomic E-state index is 13.1. The van der Waals surface area contributed by atoms with Gasteiger partial charge < -0.3 is 14.6 Å². The largest absolute Gasteiger partial charge is 0.507 e. The van der Waals surface area contributed by atoms with E-state index in [0.717, 1.165) is 6.07 Å². The Hall–Kier alpha value is -3.56. The van der Waals surface area contributed by atoms with Gasteiger partial charge in [0, 0.05) is 5.56 Å². The molecule has 0 unspecified atom stereocenters. The molecule has 1 N–H and O–H groups in total. The average Bonchev–Trinajstić information content (AvgIpc) is 3.12. The number of aromatic nitrogens is 3. The Bertz CT molecular complexity index is 1050. The third kappa shape index (κ3) is 3.86.